The highest BCUT2D eigenvalue weighted by molar-refractivity contribution is 6.45. The van der Waals surface area contributed by atoms with Crippen LogP contribution in [0.3, 0.4) is 0 Å². The van der Waals surface area contributed by atoms with Crippen LogP contribution >= 0.6 is 0 Å². The van der Waals surface area contributed by atoms with E-state index < -0.39 is 0 Å². The van der Waals surface area contributed by atoms with Crippen molar-refractivity contribution in [2.45, 2.75) is 0 Å². The standard InChI is InChI=1S/C14H11BN2O2/c18-15-11-5-6-12-10(9-11)4-7-14(17-12)19-13-3-1-2-8-16-13/h1-9,15,18H. The summed E-state index contributed by atoms with van der Waals surface area (Å²) < 4.78 is 5.57. The predicted molar refractivity (Wildman–Crippen MR) is 75.1 cm³/mol. The van der Waals surface area contributed by atoms with Crippen molar-refractivity contribution < 1.29 is 9.76 Å². The van der Waals surface area contributed by atoms with Gasteiger partial charge in [0.15, 0.2) is 0 Å². The van der Waals surface area contributed by atoms with E-state index in [4.69, 9.17) is 9.76 Å². The van der Waals surface area contributed by atoms with E-state index in [0.29, 0.717) is 11.8 Å². The van der Waals surface area contributed by atoms with Gasteiger partial charge in [0.1, 0.15) is 0 Å². The second kappa shape index (κ2) is 5.08. The van der Waals surface area contributed by atoms with E-state index in [1.54, 1.807) is 18.3 Å². The molecule has 3 aromatic rings. The average Bonchev–Trinajstić information content (AvgIpc) is 2.48. The summed E-state index contributed by atoms with van der Waals surface area (Å²) in [5, 5.41) is 10.1. The maximum atomic E-state index is 9.09. The Bertz CT molecular complexity index is 704. The topological polar surface area (TPSA) is 55.2 Å². The first kappa shape index (κ1) is 11.7. The molecular formula is C14H11BN2O2. The van der Waals surface area contributed by atoms with Gasteiger partial charge in [0.2, 0.25) is 11.8 Å². The van der Waals surface area contributed by atoms with Crippen LogP contribution in [0, 0.1) is 0 Å². The molecule has 2 aromatic heterocycles. The number of benzene rings is 1. The van der Waals surface area contributed by atoms with Crippen LogP contribution in [0.1, 0.15) is 0 Å². The van der Waals surface area contributed by atoms with Crippen LogP contribution in [-0.4, -0.2) is 22.5 Å². The van der Waals surface area contributed by atoms with Crippen molar-refractivity contribution in [1.29, 1.82) is 0 Å². The predicted octanol–water partition coefficient (Wildman–Crippen LogP) is 1.39. The minimum Gasteiger partial charge on any atom is -0.449 e. The summed E-state index contributed by atoms with van der Waals surface area (Å²) in [6, 6.07) is 14.8. The first-order valence-electron chi connectivity index (χ1n) is 5.94. The van der Waals surface area contributed by atoms with Crippen LogP contribution in [0.4, 0.5) is 0 Å². The smallest absolute Gasteiger partial charge is 0.304 e. The fourth-order valence-corrected chi connectivity index (χ4v) is 1.83. The second-order valence-corrected chi connectivity index (χ2v) is 4.10. The van der Waals surface area contributed by atoms with Crippen molar-refractivity contribution in [3.63, 3.8) is 0 Å². The van der Waals surface area contributed by atoms with Gasteiger partial charge < -0.3 is 9.76 Å². The Labute approximate surface area is 111 Å². The first-order valence-corrected chi connectivity index (χ1v) is 5.94. The van der Waals surface area contributed by atoms with Crippen LogP contribution in [0.5, 0.6) is 11.8 Å². The summed E-state index contributed by atoms with van der Waals surface area (Å²) in [5.41, 5.74) is 1.69. The van der Waals surface area contributed by atoms with E-state index in [9.17, 15) is 0 Å². The Kier molecular flexibility index (Phi) is 3.12. The molecule has 0 radical (unpaired) electrons. The summed E-state index contributed by atoms with van der Waals surface area (Å²) in [4.78, 5) is 8.49. The Morgan fingerprint density at radius 1 is 1.00 bits per heavy atom. The highest BCUT2D eigenvalue weighted by atomic mass is 16.5. The minimum atomic E-state index is 0.0299. The lowest BCUT2D eigenvalue weighted by molar-refractivity contribution is 0.446. The minimum absolute atomic E-state index is 0.0299. The molecule has 0 unspecified atom stereocenters. The van der Waals surface area contributed by atoms with Gasteiger partial charge in [-0.15, -0.1) is 0 Å². The Morgan fingerprint density at radius 3 is 2.74 bits per heavy atom. The van der Waals surface area contributed by atoms with Crippen molar-refractivity contribution in [3.05, 3.63) is 54.7 Å². The third-order valence-corrected chi connectivity index (χ3v) is 2.76. The van der Waals surface area contributed by atoms with Gasteiger partial charge in [0, 0.05) is 18.3 Å². The number of rotatable bonds is 3. The largest absolute Gasteiger partial charge is 0.449 e. The van der Waals surface area contributed by atoms with Gasteiger partial charge in [-0.1, -0.05) is 23.7 Å². The number of pyridine rings is 2. The molecule has 0 saturated heterocycles. The van der Waals surface area contributed by atoms with Crippen LogP contribution in [0.15, 0.2) is 54.7 Å². The van der Waals surface area contributed by atoms with E-state index in [1.807, 2.05) is 36.4 Å². The Hall–Kier alpha value is -2.40. The number of hydrogen-bond acceptors (Lipinski definition) is 4. The summed E-state index contributed by atoms with van der Waals surface area (Å²) in [5.74, 6) is 1.02. The number of aromatic nitrogens is 2. The summed E-state index contributed by atoms with van der Waals surface area (Å²) in [6.45, 7) is 0. The fraction of sp³-hybridized carbons (Fsp3) is 0. The molecule has 19 heavy (non-hydrogen) atoms. The molecule has 0 amide bonds. The van der Waals surface area contributed by atoms with Crippen LogP contribution in [0.2, 0.25) is 0 Å². The van der Waals surface area contributed by atoms with Crippen molar-refractivity contribution in [2.75, 3.05) is 0 Å². The van der Waals surface area contributed by atoms with Gasteiger partial charge in [-0.25, -0.2) is 9.97 Å². The van der Waals surface area contributed by atoms with Crippen molar-refractivity contribution in [2.24, 2.45) is 0 Å². The molecular weight excluding hydrogens is 239 g/mol. The fourth-order valence-electron chi connectivity index (χ4n) is 1.83. The van der Waals surface area contributed by atoms with E-state index in [2.05, 4.69) is 9.97 Å². The highest BCUT2D eigenvalue weighted by Gasteiger charge is 2.02. The molecule has 3 rings (SSSR count). The maximum absolute atomic E-state index is 9.09. The number of fused-ring (bicyclic) bond motifs is 1. The number of hydrogen-bond donors (Lipinski definition) is 1. The van der Waals surface area contributed by atoms with Crippen LogP contribution in [-0.2, 0) is 0 Å². The summed E-state index contributed by atoms with van der Waals surface area (Å²) >= 11 is 0. The molecule has 4 nitrogen and oxygen atoms in total. The third-order valence-electron chi connectivity index (χ3n) is 2.76. The van der Waals surface area contributed by atoms with Crippen LogP contribution in [0.25, 0.3) is 10.9 Å². The highest BCUT2D eigenvalue weighted by Crippen LogP contribution is 2.19. The molecule has 2 heterocycles. The van der Waals surface area contributed by atoms with Crippen molar-refractivity contribution in [1.82, 2.24) is 9.97 Å². The van der Waals surface area contributed by atoms with E-state index >= 15 is 0 Å². The molecule has 0 aliphatic rings. The van der Waals surface area contributed by atoms with Crippen LogP contribution < -0.4 is 10.2 Å². The molecule has 1 aromatic carbocycles. The van der Waals surface area contributed by atoms with Gasteiger partial charge in [-0.3, -0.25) is 0 Å². The summed E-state index contributed by atoms with van der Waals surface area (Å²) in [7, 11) is 0.0299. The van der Waals surface area contributed by atoms with Crippen molar-refractivity contribution >= 4 is 23.8 Å². The summed E-state index contributed by atoms with van der Waals surface area (Å²) in [6.07, 6.45) is 1.67. The Morgan fingerprint density at radius 2 is 1.95 bits per heavy atom. The molecule has 92 valence electrons. The lowest BCUT2D eigenvalue weighted by atomic mass is 9.88. The molecule has 0 spiro atoms. The zero-order valence-electron chi connectivity index (χ0n) is 10.2. The van der Waals surface area contributed by atoms with Gasteiger partial charge >= 0.3 is 7.48 Å². The SMILES string of the molecule is OBc1ccc2nc(Oc3ccccn3)ccc2c1. The van der Waals surface area contributed by atoms with Gasteiger partial charge in [0.05, 0.1) is 5.52 Å². The molecule has 0 fully saturated rings. The van der Waals surface area contributed by atoms with Crippen molar-refractivity contribution in [3.8, 4) is 11.8 Å². The van der Waals surface area contributed by atoms with E-state index in [-0.39, 0.29) is 7.48 Å². The lowest BCUT2D eigenvalue weighted by Crippen LogP contribution is -2.12. The van der Waals surface area contributed by atoms with Gasteiger partial charge in [-0.05, 0) is 23.6 Å². The zero-order valence-corrected chi connectivity index (χ0v) is 10.2. The lowest BCUT2D eigenvalue weighted by Gasteiger charge is -2.05. The normalized spacial score (nSPS) is 10.4. The molecule has 5 heteroatoms. The molecule has 1 N–H and O–H groups in total. The maximum Gasteiger partial charge on any atom is 0.304 e. The average molecular weight is 250 g/mol. The second-order valence-electron chi connectivity index (χ2n) is 4.10. The molecule has 0 saturated carbocycles. The van der Waals surface area contributed by atoms with Gasteiger partial charge in [0.25, 0.3) is 0 Å². The molecule has 0 bridgehead atoms. The third kappa shape index (κ3) is 2.56. The molecule has 0 atom stereocenters. The molecule has 0 aliphatic heterocycles. The van der Waals surface area contributed by atoms with E-state index in [0.717, 1.165) is 16.4 Å². The number of ether oxygens (including phenoxy) is 1. The zero-order chi connectivity index (χ0) is 13.1. The quantitative estimate of drug-likeness (QED) is 0.713. The van der Waals surface area contributed by atoms with E-state index in [1.165, 1.54) is 0 Å². The Balaban J connectivity index is 1.94. The monoisotopic (exact) mass is 250 g/mol. The number of nitrogens with zero attached hydrogens (tertiary/aromatic N) is 2. The van der Waals surface area contributed by atoms with Gasteiger partial charge in [-0.2, -0.15) is 0 Å². The molecule has 0 aliphatic carbocycles. The first-order chi connectivity index (χ1) is 9.35.